The number of rotatable bonds is 6. The molecule has 0 aliphatic heterocycles. The minimum absolute atomic E-state index is 0.00458. The average Bonchev–Trinajstić information content (AvgIpc) is 2.67. The quantitative estimate of drug-likeness (QED) is 0.569. The summed E-state index contributed by atoms with van der Waals surface area (Å²) in [6.45, 7) is 6.16. The Morgan fingerprint density at radius 1 is 1.56 bits per heavy atom. The first-order valence-corrected chi connectivity index (χ1v) is 7.13. The van der Waals surface area contributed by atoms with Gasteiger partial charge >= 0.3 is 0 Å². The maximum atomic E-state index is 12.3. The van der Waals surface area contributed by atoms with Gasteiger partial charge in [-0.25, -0.2) is 13.4 Å². The lowest BCUT2D eigenvalue weighted by atomic mass is 10.6. The first-order chi connectivity index (χ1) is 8.32. The van der Waals surface area contributed by atoms with E-state index in [2.05, 4.69) is 4.98 Å². The molecule has 0 saturated carbocycles. The molecule has 0 radical (unpaired) electrons. The predicted molar refractivity (Wildman–Crippen MR) is 69.0 cm³/mol. The van der Waals surface area contributed by atoms with Gasteiger partial charge in [0.25, 0.3) is 10.0 Å². The molecule has 0 unspecified atom stereocenters. The molecule has 3 N–H and O–H groups in total. The smallest absolute Gasteiger partial charge is 0.262 e. The van der Waals surface area contributed by atoms with Crippen LogP contribution in [0.4, 0.5) is 0 Å². The molecule has 0 spiro atoms. The topological polar surface area (TPSA) is 105 Å². The average molecular weight is 273 g/mol. The van der Waals surface area contributed by atoms with Crippen molar-refractivity contribution in [2.45, 2.75) is 32.3 Å². The van der Waals surface area contributed by atoms with Crippen LogP contribution in [0.15, 0.2) is 11.2 Å². The first kappa shape index (κ1) is 14.7. The second-order valence-corrected chi connectivity index (χ2v) is 5.75. The number of hydrogen-bond donors (Lipinski definition) is 2. The Balaban J connectivity index is 3.14. The molecular formula is C10H19N5O2S. The van der Waals surface area contributed by atoms with Crippen molar-refractivity contribution in [2.75, 3.05) is 13.1 Å². The number of aromatic nitrogens is 2. The monoisotopic (exact) mass is 273 g/mol. The molecule has 1 aromatic rings. The predicted octanol–water partition coefficient (Wildman–Crippen LogP) is 0.158. The summed E-state index contributed by atoms with van der Waals surface area (Å²) in [6.07, 6.45) is 1.51. The highest BCUT2D eigenvalue weighted by molar-refractivity contribution is 7.89. The molecule has 1 aromatic heterocycles. The Hall–Kier alpha value is -1.41. The molecule has 1 heterocycles. The number of nitrogens with zero attached hydrogens (tertiary/aromatic N) is 3. The van der Waals surface area contributed by atoms with Gasteiger partial charge in [-0.3, -0.25) is 5.41 Å². The van der Waals surface area contributed by atoms with Crippen molar-refractivity contribution in [1.82, 2.24) is 13.9 Å². The molecule has 0 atom stereocenters. The van der Waals surface area contributed by atoms with E-state index >= 15 is 0 Å². The third-order valence-electron chi connectivity index (χ3n) is 2.60. The zero-order chi connectivity index (χ0) is 13.9. The van der Waals surface area contributed by atoms with Crippen molar-refractivity contribution < 1.29 is 8.42 Å². The zero-order valence-corrected chi connectivity index (χ0v) is 11.7. The summed E-state index contributed by atoms with van der Waals surface area (Å²) in [4.78, 5) is 4.05. The minimum atomic E-state index is -3.68. The Kier molecular flexibility index (Phi) is 4.47. The molecule has 0 aromatic carbocycles. The zero-order valence-electron chi connectivity index (χ0n) is 10.8. The molecule has 1 rings (SSSR count). The van der Waals surface area contributed by atoms with Crippen LogP contribution in [0.2, 0.25) is 0 Å². The van der Waals surface area contributed by atoms with E-state index in [1.807, 2.05) is 6.92 Å². The summed E-state index contributed by atoms with van der Waals surface area (Å²) in [5, 5.41) is 7.20. The summed E-state index contributed by atoms with van der Waals surface area (Å²) in [5.74, 6) is 0.460. The fraction of sp³-hybridized carbons (Fsp3) is 0.600. The molecule has 7 nitrogen and oxygen atoms in total. The summed E-state index contributed by atoms with van der Waals surface area (Å²) in [7, 11) is -3.68. The van der Waals surface area contributed by atoms with E-state index in [0.717, 1.165) is 4.31 Å². The van der Waals surface area contributed by atoms with Crippen LogP contribution >= 0.6 is 0 Å². The Bertz CT molecular complexity index is 534. The van der Waals surface area contributed by atoms with Gasteiger partial charge in [0.1, 0.15) is 11.7 Å². The maximum absolute atomic E-state index is 12.3. The van der Waals surface area contributed by atoms with Crippen LogP contribution in [0.25, 0.3) is 0 Å². The van der Waals surface area contributed by atoms with Gasteiger partial charge in [-0.05, 0) is 13.8 Å². The van der Waals surface area contributed by atoms with Crippen molar-refractivity contribution in [1.29, 1.82) is 5.41 Å². The summed E-state index contributed by atoms with van der Waals surface area (Å²) < 4.78 is 27.5. The van der Waals surface area contributed by atoms with Gasteiger partial charge in [-0.1, -0.05) is 6.92 Å². The van der Waals surface area contributed by atoms with Gasteiger partial charge in [-0.2, -0.15) is 4.31 Å². The van der Waals surface area contributed by atoms with E-state index in [1.165, 1.54) is 6.20 Å². The third kappa shape index (κ3) is 2.88. The van der Waals surface area contributed by atoms with E-state index in [-0.39, 0.29) is 24.0 Å². The highest BCUT2D eigenvalue weighted by Crippen LogP contribution is 2.14. The molecule has 0 amide bonds. The number of hydrogen-bond acceptors (Lipinski definition) is 4. The van der Waals surface area contributed by atoms with Crippen LogP contribution in [0, 0.1) is 12.3 Å². The van der Waals surface area contributed by atoms with Gasteiger partial charge in [-0.15, -0.1) is 0 Å². The summed E-state index contributed by atoms with van der Waals surface area (Å²) >= 11 is 0. The van der Waals surface area contributed by atoms with E-state index in [4.69, 9.17) is 11.1 Å². The molecule has 0 fully saturated rings. The fourth-order valence-electron chi connectivity index (χ4n) is 1.61. The Labute approximate surface area is 107 Å². The van der Waals surface area contributed by atoms with Crippen molar-refractivity contribution in [3.8, 4) is 0 Å². The Morgan fingerprint density at radius 2 is 2.17 bits per heavy atom. The molecule has 18 heavy (non-hydrogen) atoms. The fourth-order valence-corrected chi connectivity index (χ4v) is 3.03. The van der Waals surface area contributed by atoms with Crippen molar-refractivity contribution >= 4 is 15.9 Å². The number of nitrogens with one attached hydrogen (secondary N) is 1. The molecule has 8 heteroatoms. The number of imidazole rings is 1. The van der Waals surface area contributed by atoms with Crippen LogP contribution in [-0.4, -0.2) is 41.2 Å². The number of sulfonamides is 1. The standard InChI is InChI=1S/C10H19N5O2S/c1-4-14-7-10(13-8(14)3)18(16,17)15(5-2)6-9(11)12/h7H,4-6H2,1-3H3,(H3,11,12). The van der Waals surface area contributed by atoms with Gasteiger partial charge in [0.2, 0.25) is 0 Å². The van der Waals surface area contributed by atoms with Crippen molar-refractivity contribution in [3.63, 3.8) is 0 Å². The number of nitrogens with two attached hydrogens (primary N) is 1. The minimum Gasteiger partial charge on any atom is -0.387 e. The van der Waals surface area contributed by atoms with E-state index in [9.17, 15) is 8.42 Å². The lowest BCUT2D eigenvalue weighted by Crippen LogP contribution is -2.38. The van der Waals surface area contributed by atoms with Gasteiger partial charge in [0, 0.05) is 19.3 Å². The number of aryl methyl sites for hydroxylation is 2. The Morgan fingerprint density at radius 3 is 2.56 bits per heavy atom. The van der Waals surface area contributed by atoms with Crippen LogP contribution < -0.4 is 5.73 Å². The molecule has 0 bridgehead atoms. The van der Waals surface area contributed by atoms with Crippen molar-refractivity contribution in [3.05, 3.63) is 12.0 Å². The normalized spacial score (nSPS) is 12.0. The molecular weight excluding hydrogens is 254 g/mol. The maximum Gasteiger partial charge on any atom is 0.262 e. The highest BCUT2D eigenvalue weighted by atomic mass is 32.2. The second kappa shape index (κ2) is 5.49. The van der Waals surface area contributed by atoms with Crippen molar-refractivity contribution in [2.24, 2.45) is 5.73 Å². The third-order valence-corrected chi connectivity index (χ3v) is 4.39. The van der Waals surface area contributed by atoms with Crippen LogP contribution in [0.3, 0.4) is 0 Å². The number of likely N-dealkylation sites (N-methyl/N-ethyl adjacent to an activating group) is 1. The largest absolute Gasteiger partial charge is 0.387 e. The van der Waals surface area contributed by atoms with E-state index in [0.29, 0.717) is 12.4 Å². The lowest BCUT2D eigenvalue weighted by molar-refractivity contribution is 0.463. The highest BCUT2D eigenvalue weighted by Gasteiger charge is 2.26. The van der Waals surface area contributed by atoms with E-state index in [1.54, 1.807) is 18.4 Å². The van der Waals surface area contributed by atoms with Crippen LogP contribution in [-0.2, 0) is 16.6 Å². The van der Waals surface area contributed by atoms with Gasteiger partial charge < -0.3 is 10.3 Å². The first-order valence-electron chi connectivity index (χ1n) is 5.69. The molecule has 102 valence electrons. The lowest BCUT2D eigenvalue weighted by Gasteiger charge is -2.17. The molecule has 0 aliphatic carbocycles. The molecule has 0 saturated heterocycles. The summed E-state index contributed by atoms with van der Waals surface area (Å²) in [5.41, 5.74) is 5.26. The SMILES string of the molecule is CCN(CC(=N)N)S(=O)(=O)c1cn(CC)c(C)n1. The second-order valence-electron chi connectivity index (χ2n) is 3.87. The molecule has 0 aliphatic rings. The van der Waals surface area contributed by atoms with E-state index < -0.39 is 10.0 Å². The van der Waals surface area contributed by atoms with Crippen LogP contribution in [0.5, 0.6) is 0 Å². The van der Waals surface area contributed by atoms with Gasteiger partial charge in [0.15, 0.2) is 5.03 Å². The van der Waals surface area contributed by atoms with Gasteiger partial charge in [0.05, 0.1) is 6.54 Å². The number of amidine groups is 1. The van der Waals surface area contributed by atoms with Crippen LogP contribution in [0.1, 0.15) is 19.7 Å². The summed E-state index contributed by atoms with van der Waals surface area (Å²) in [6, 6.07) is 0.